The Morgan fingerprint density at radius 3 is 2.31 bits per heavy atom. The molecule has 1 saturated carbocycles. The second-order valence-corrected chi connectivity index (χ2v) is 7.07. The minimum atomic E-state index is -0.147. The number of nitrogens with zero attached hydrogens (tertiary/aromatic N) is 1. The Morgan fingerprint density at radius 1 is 1.08 bits per heavy atom. The van der Waals surface area contributed by atoms with Gasteiger partial charge in [-0.3, -0.25) is 4.79 Å². The van der Waals surface area contributed by atoms with Crippen LogP contribution in [-0.2, 0) is 4.79 Å². The van der Waals surface area contributed by atoms with Gasteiger partial charge in [0.1, 0.15) is 11.5 Å². The van der Waals surface area contributed by atoms with Gasteiger partial charge in [-0.25, -0.2) is 4.79 Å². The van der Waals surface area contributed by atoms with Crippen LogP contribution in [0.2, 0.25) is 5.02 Å². The molecule has 0 radical (unpaired) electrons. The minimum absolute atomic E-state index is 0.0181. The summed E-state index contributed by atoms with van der Waals surface area (Å²) in [5, 5.41) is 6.30. The van der Waals surface area contributed by atoms with Gasteiger partial charge in [0.25, 0.3) is 0 Å². The molecule has 1 aliphatic heterocycles. The van der Waals surface area contributed by atoms with Crippen LogP contribution in [0.15, 0.2) is 12.1 Å². The van der Waals surface area contributed by atoms with E-state index in [2.05, 4.69) is 10.6 Å². The van der Waals surface area contributed by atoms with Crippen LogP contribution in [0.4, 0.5) is 10.5 Å². The van der Waals surface area contributed by atoms with E-state index in [4.69, 9.17) is 21.1 Å². The van der Waals surface area contributed by atoms with Crippen molar-refractivity contribution in [3.8, 4) is 11.5 Å². The fraction of sp³-hybridized carbons (Fsp3) is 0.556. The summed E-state index contributed by atoms with van der Waals surface area (Å²) in [6.45, 7) is 1.16. The maximum absolute atomic E-state index is 12.6. The number of hydrogen-bond donors (Lipinski definition) is 2. The molecule has 3 amide bonds. The molecule has 0 aromatic heterocycles. The van der Waals surface area contributed by atoms with Crippen LogP contribution in [0, 0.1) is 5.92 Å². The summed E-state index contributed by atoms with van der Waals surface area (Å²) in [4.78, 5) is 26.5. The number of hydrogen-bond acceptors (Lipinski definition) is 4. The smallest absolute Gasteiger partial charge is 0.317 e. The van der Waals surface area contributed by atoms with E-state index < -0.39 is 0 Å². The van der Waals surface area contributed by atoms with Crippen LogP contribution >= 0.6 is 11.6 Å². The van der Waals surface area contributed by atoms with Gasteiger partial charge in [-0.1, -0.05) is 11.6 Å². The zero-order valence-electron chi connectivity index (χ0n) is 15.0. The topological polar surface area (TPSA) is 79.9 Å². The Morgan fingerprint density at radius 2 is 1.73 bits per heavy atom. The van der Waals surface area contributed by atoms with Gasteiger partial charge in [-0.2, -0.15) is 0 Å². The van der Waals surface area contributed by atoms with Gasteiger partial charge in [0.2, 0.25) is 5.91 Å². The number of nitrogens with one attached hydrogen (secondary N) is 2. The highest BCUT2D eigenvalue weighted by Gasteiger charge is 2.30. The molecule has 0 bridgehead atoms. The average molecular weight is 382 g/mol. The Bertz CT molecular complexity index is 685. The lowest BCUT2D eigenvalue weighted by Gasteiger charge is -2.31. The van der Waals surface area contributed by atoms with E-state index in [9.17, 15) is 9.59 Å². The summed E-state index contributed by atoms with van der Waals surface area (Å²) in [7, 11) is 3.03. The van der Waals surface area contributed by atoms with Crippen LogP contribution in [0.25, 0.3) is 0 Å². The molecule has 0 spiro atoms. The highest BCUT2D eigenvalue weighted by molar-refractivity contribution is 6.32. The van der Waals surface area contributed by atoms with E-state index in [-0.39, 0.29) is 17.9 Å². The van der Waals surface area contributed by atoms with Gasteiger partial charge >= 0.3 is 6.03 Å². The summed E-state index contributed by atoms with van der Waals surface area (Å²) >= 11 is 6.09. The van der Waals surface area contributed by atoms with Gasteiger partial charge in [0.15, 0.2) is 0 Å². The Hall–Kier alpha value is -2.15. The van der Waals surface area contributed by atoms with E-state index >= 15 is 0 Å². The van der Waals surface area contributed by atoms with E-state index in [1.165, 1.54) is 14.2 Å². The van der Waals surface area contributed by atoms with Crippen molar-refractivity contribution in [3.05, 3.63) is 17.2 Å². The number of piperidine rings is 1. The molecule has 1 saturated heterocycles. The number of anilines is 1. The zero-order chi connectivity index (χ0) is 18.7. The summed E-state index contributed by atoms with van der Waals surface area (Å²) in [5.74, 6) is 0.709. The standard InChI is InChI=1S/C18H24ClN3O4/c1-25-15-10-14(16(26-2)9-13(15)19)21-17(23)11-5-7-22(8-6-11)18(24)20-12-3-4-12/h9-12H,3-8H2,1-2H3,(H,20,24)(H,21,23). The summed E-state index contributed by atoms with van der Waals surface area (Å²) in [6, 6.07) is 3.59. The number of urea groups is 1. The van der Waals surface area contributed by atoms with Gasteiger partial charge in [-0.15, -0.1) is 0 Å². The van der Waals surface area contributed by atoms with Crippen molar-refractivity contribution in [2.75, 3.05) is 32.6 Å². The molecule has 26 heavy (non-hydrogen) atoms. The summed E-state index contributed by atoms with van der Waals surface area (Å²) in [6.07, 6.45) is 3.40. The molecule has 1 aliphatic carbocycles. The van der Waals surface area contributed by atoms with Crippen LogP contribution < -0.4 is 20.1 Å². The number of carbonyl (C=O) groups excluding carboxylic acids is 2. The lowest BCUT2D eigenvalue weighted by molar-refractivity contribution is -0.121. The van der Waals surface area contributed by atoms with Crippen molar-refractivity contribution in [2.24, 2.45) is 5.92 Å². The second-order valence-electron chi connectivity index (χ2n) is 6.66. The first-order valence-electron chi connectivity index (χ1n) is 8.79. The fourth-order valence-electron chi connectivity index (χ4n) is 3.03. The number of rotatable bonds is 5. The van der Waals surface area contributed by atoms with Crippen molar-refractivity contribution in [1.29, 1.82) is 0 Å². The second kappa shape index (κ2) is 8.03. The number of amides is 3. The molecule has 1 aromatic carbocycles. The lowest BCUT2D eigenvalue weighted by atomic mass is 9.96. The largest absolute Gasteiger partial charge is 0.495 e. The first-order chi connectivity index (χ1) is 12.5. The molecule has 0 atom stereocenters. The SMILES string of the molecule is COc1cc(NC(=O)C2CCN(C(=O)NC3CC3)CC2)c(OC)cc1Cl. The molecule has 1 aromatic rings. The maximum atomic E-state index is 12.6. The predicted octanol–water partition coefficient (Wildman–Crippen LogP) is 2.88. The van der Waals surface area contributed by atoms with E-state index in [1.54, 1.807) is 17.0 Å². The van der Waals surface area contributed by atoms with E-state index in [0.29, 0.717) is 54.2 Å². The first kappa shape index (κ1) is 18.6. The molecular formula is C18H24ClN3O4. The maximum Gasteiger partial charge on any atom is 0.317 e. The molecule has 0 unspecified atom stereocenters. The Kier molecular flexibility index (Phi) is 5.76. The number of carbonyl (C=O) groups is 2. The zero-order valence-corrected chi connectivity index (χ0v) is 15.8. The molecule has 2 N–H and O–H groups in total. The average Bonchev–Trinajstić information content (AvgIpc) is 3.46. The molecule has 2 fully saturated rings. The van der Waals surface area contributed by atoms with Gasteiger partial charge in [-0.05, 0) is 25.7 Å². The summed E-state index contributed by atoms with van der Waals surface area (Å²) in [5.41, 5.74) is 0.521. The van der Waals surface area contributed by atoms with E-state index in [0.717, 1.165) is 12.8 Å². The number of ether oxygens (including phenoxy) is 2. The Balaban J connectivity index is 1.58. The van der Waals surface area contributed by atoms with Crippen molar-refractivity contribution in [3.63, 3.8) is 0 Å². The quantitative estimate of drug-likeness (QED) is 0.821. The number of halogens is 1. The third kappa shape index (κ3) is 4.33. The molecule has 3 rings (SSSR count). The van der Waals surface area contributed by atoms with Gasteiger partial charge in [0, 0.05) is 37.2 Å². The highest BCUT2D eigenvalue weighted by Crippen LogP contribution is 2.36. The molecule has 142 valence electrons. The molecule has 2 aliphatic rings. The van der Waals surface area contributed by atoms with Gasteiger partial charge in [0.05, 0.1) is 24.9 Å². The van der Waals surface area contributed by atoms with E-state index in [1.807, 2.05) is 0 Å². The van der Waals surface area contributed by atoms with Crippen LogP contribution in [0.1, 0.15) is 25.7 Å². The minimum Gasteiger partial charge on any atom is -0.495 e. The van der Waals surface area contributed by atoms with Crippen LogP contribution in [0.5, 0.6) is 11.5 Å². The van der Waals surface area contributed by atoms with Crippen molar-refractivity contribution >= 4 is 29.2 Å². The van der Waals surface area contributed by atoms with Crippen molar-refractivity contribution in [2.45, 2.75) is 31.7 Å². The Labute approximate surface area is 158 Å². The number of likely N-dealkylation sites (tertiary alicyclic amines) is 1. The molecule has 7 nitrogen and oxygen atoms in total. The normalized spacial score (nSPS) is 17.6. The van der Waals surface area contributed by atoms with Crippen molar-refractivity contribution < 1.29 is 19.1 Å². The molecule has 1 heterocycles. The third-order valence-electron chi connectivity index (χ3n) is 4.79. The molecule has 8 heteroatoms. The van der Waals surface area contributed by atoms with Crippen molar-refractivity contribution in [1.82, 2.24) is 10.2 Å². The molecular weight excluding hydrogens is 358 g/mol. The highest BCUT2D eigenvalue weighted by atomic mass is 35.5. The summed E-state index contributed by atoms with van der Waals surface area (Å²) < 4.78 is 10.5. The predicted molar refractivity (Wildman–Crippen MR) is 99.0 cm³/mol. The van der Waals surface area contributed by atoms with Gasteiger partial charge < -0.3 is 25.0 Å². The monoisotopic (exact) mass is 381 g/mol. The lowest BCUT2D eigenvalue weighted by Crippen LogP contribution is -2.46. The first-order valence-corrected chi connectivity index (χ1v) is 9.17. The van der Waals surface area contributed by atoms with Crippen LogP contribution in [-0.4, -0.2) is 50.2 Å². The number of benzene rings is 1. The van der Waals surface area contributed by atoms with Crippen LogP contribution in [0.3, 0.4) is 0 Å². The third-order valence-corrected chi connectivity index (χ3v) is 5.09. The fourth-order valence-corrected chi connectivity index (χ4v) is 3.26. The number of methoxy groups -OCH3 is 2.